The minimum atomic E-state index is -0.261. The molecule has 0 saturated heterocycles. The summed E-state index contributed by atoms with van der Waals surface area (Å²) in [5.41, 5.74) is 0.696. The minimum absolute atomic E-state index is 0.210. The first-order valence-electron chi connectivity index (χ1n) is 6.41. The fourth-order valence-corrected chi connectivity index (χ4v) is 1.55. The van der Waals surface area contributed by atoms with Crippen molar-refractivity contribution in [2.24, 2.45) is 0 Å². The molecule has 0 N–H and O–H groups in total. The number of carbonyl (C=O) groups is 3. The summed E-state index contributed by atoms with van der Waals surface area (Å²) in [6, 6.07) is 0. The van der Waals surface area contributed by atoms with Gasteiger partial charge in [0.15, 0.2) is 0 Å². The largest absolute Gasteiger partial charge is 0.469 e. The van der Waals surface area contributed by atoms with Crippen LogP contribution in [0.1, 0.15) is 44.9 Å². The van der Waals surface area contributed by atoms with Gasteiger partial charge in [-0.1, -0.05) is 6.08 Å². The molecule has 0 atom stereocenters. The Morgan fingerprint density at radius 1 is 0.895 bits per heavy atom. The van der Waals surface area contributed by atoms with E-state index in [1.807, 2.05) is 6.08 Å². The maximum atomic E-state index is 10.9. The number of rotatable bonds is 10. The molecule has 0 bridgehead atoms. The zero-order valence-electron chi connectivity index (χ0n) is 11.6. The predicted molar refractivity (Wildman–Crippen MR) is 70.5 cm³/mol. The Hall–Kier alpha value is -1.65. The predicted octanol–water partition coefficient (Wildman–Crippen LogP) is 2.19. The fourth-order valence-electron chi connectivity index (χ4n) is 1.55. The van der Waals surface area contributed by atoms with Crippen LogP contribution in [0, 0.1) is 0 Å². The number of unbranched alkanes of at least 4 members (excludes halogenated alkanes) is 2. The molecule has 0 aliphatic rings. The number of esters is 2. The van der Waals surface area contributed by atoms with Crippen molar-refractivity contribution >= 4 is 18.2 Å². The van der Waals surface area contributed by atoms with Crippen molar-refractivity contribution in [2.45, 2.75) is 44.9 Å². The normalized spacial score (nSPS) is 10.9. The first kappa shape index (κ1) is 17.4. The van der Waals surface area contributed by atoms with E-state index in [0.29, 0.717) is 31.3 Å². The van der Waals surface area contributed by atoms with Crippen LogP contribution in [0.4, 0.5) is 0 Å². The first-order valence-corrected chi connectivity index (χ1v) is 6.41. The van der Waals surface area contributed by atoms with Crippen LogP contribution < -0.4 is 0 Å². The Morgan fingerprint density at radius 2 is 1.47 bits per heavy atom. The second kappa shape index (κ2) is 11.4. The van der Waals surface area contributed by atoms with E-state index >= 15 is 0 Å². The topological polar surface area (TPSA) is 69.7 Å². The van der Waals surface area contributed by atoms with E-state index in [1.165, 1.54) is 14.2 Å². The molecule has 0 amide bonds. The Balaban J connectivity index is 3.77. The molecule has 0 aliphatic heterocycles. The SMILES string of the molecule is COC(=O)CCCC/C=C(\C=O)CCCC(=O)OC. The van der Waals surface area contributed by atoms with Crippen molar-refractivity contribution in [3.63, 3.8) is 0 Å². The molecule has 5 nitrogen and oxygen atoms in total. The van der Waals surface area contributed by atoms with E-state index in [9.17, 15) is 14.4 Å². The second-order valence-corrected chi connectivity index (χ2v) is 4.15. The van der Waals surface area contributed by atoms with Crippen LogP contribution in [0.25, 0.3) is 0 Å². The number of hydrogen-bond donors (Lipinski definition) is 0. The third-order valence-corrected chi connectivity index (χ3v) is 2.69. The van der Waals surface area contributed by atoms with Crippen LogP contribution in [-0.2, 0) is 23.9 Å². The Kier molecular flexibility index (Phi) is 10.4. The first-order chi connectivity index (χ1) is 9.13. The van der Waals surface area contributed by atoms with Gasteiger partial charge in [-0.15, -0.1) is 0 Å². The van der Waals surface area contributed by atoms with Crippen LogP contribution in [0.2, 0.25) is 0 Å². The van der Waals surface area contributed by atoms with E-state index in [-0.39, 0.29) is 11.9 Å². The maximum Gasteiger partial charge on any atom is 0.305 e. The molecule has 0 fully saturated rings. The molecule has 0 aliphatic carbocycles. The van der Waals surface area contributed by atoms with Gasteiger partial charge in [0.2, 0.25) is 0 Å². The molecule has 5 heteroatoms. The lowest BCUT2D eigenvalue weighted by molar-refractivity contribution is -0.141. The highest BCUT2D eigenvalue weighted by Crippen LogP contribution is 2.09. The third kappa shape index (κ3) is 10.00. The van der Waals surface area contributed by atoms with Crippen LogP contribution in [0.3, 0.4) is 0 Å². The average molecular weight is 270 g/mol. The van der Waals surface area contributed by atoms with Gasteiger partial charge in [-0.3, -0.25) is 14.4 Å². The zero-order chi connectivity index (χ0) is 14.5. The zero-order valence-corrected chi connectivity index (χ0v) is 11.6. The summed E-state index contributed by atoms with van der Waals surface area (Å²) in [5.74, 6) is -0.471. The Morgan fingerprint density at radius 3 is 2.00 bits per heavy atom. The molecule has 0 rings (SSSR count). The highest BCUT2D eigenvalue weighted by Gasteiger charge is 2.02. The third-order valence-electron chi connectivity index (χ3n) is 2.69. The van der Waals surface area contributed by atoms with Crippen molar-refractivity contribution in [3.05, 3.63) is 11.6 Å². The van der Waals surface area contributed by atoms with Gasteiger partial charge in [-0.25, -0.2) is 0 Å². The van der Waals surface area contributed by atoms with E-state index in [1.54, 1.807) is 0 Å². The Bertz CT molecular complexity index is 320. The Labute approximate surface area is 114 Å². The molecule has 19 heavy (non-hydrogen) atoms. The van der Waals surface area contributed by atoms with Gasteiger partial charge < -0.3 is 9.47 Å². The van der Waals surface area contributed by atoms with Crippen molar-refractivity contribution in [1.29, 1.82) is 0 Å². The van der Waals surface area contributed by atoms with Crippen molar-refractivity contribution < 1.29 is 23.9 Å². The van der Waals surface area contributed by atoms with Crippen molar-refractivity contribution in [3.8, 4) is 0 Å². The van der Waals surface area contributed by atoms with Crippen molar-refractivity contribution in [1.82, 2.24) is 0 Å². The van der Waals surface area contributed by atoms with Gasteiger partial charge in [0.25, 0.3) is 0 Å². The summed E-state index contributed by atoms with van der Waals surface area (Å²) in [6.45, 7) is 0. The lowest BCUT2D eigenvalue weighted by Crippen LogP contribution is -2.00. The van der Waals surface area contributed by atoms with E-state index < -0.39 is 0 Å². The van der Waals surface area contributed by atoms with Gasteiger partial charge in [-0.2, -0.15) is 0 Å². The molecular weight excluding hydrogens is 248 g/mol. The second-order valence-electron chi connectivity index (χ2n) is 4.15. The van der Waals surface area contributed by atoms with Gasteiger partial charge in [0, 0.05) is 12.8 Å². The summed E-state index contributed by atoms with van der Waals surface area (Å²) in [6.07, 6.45) is 6.94. The van der Waals surface area contributed by atoms with Crippen LogP contribution in [-0.4, -0.2) is 32.4 Å². The van der Waals surface area contributed by atoms with Gasteiger partial charge in [-0.05, 0) is 37.7 Å². The fraction of sp³-hybridized carbons (Fsp3) is 0.643. The van der Waals surface area contributed by atoms with Crippen molar-refractivity contribution in [2.75, 3.05) is 14.2 Å². The highest BCUT2D eigenvalue weighted by atomic mass is 16.5. The number of hydrogen-bond acceptors (Lipinski definition) is 5. The molecule has 0 saturated carbocycles. The van der Waals surface area contributed by atoms with Gasteiger partial charge >= 0.3 is 11.9 Å². The van der Waals surface area contributed by atoms with Gasteiger partial charge in [0.1, 0.15) is 6.29 Å². The highest BCUT2D eigenvalue weighted by molar-refractivity contribution is 5.73. The molecule has 0 aromatic carbocycles. The molecular formula is C14H22O5. The molecule has 0 aromatic heterocycles. The summed E-state index contributed by atoms with van der Waals surface area (Å²) >= 11 is 0. The lowest BCUT2D eigenvalue weighted by atomic mass is 10.1. The monoisotopic (exact) mass is 270 g/mol. The number of carbonyl (C=O) groups excluding carboxylic acids is 3. The van der Waals surface area contributed by atoms with E-state index in [0.717, 1.165) is 25.5 Å². The standard InChI is InChI=1S/C14H22O5/c1-18-13(16)9-5-3-4-7-12(11-15)8-6-10-14(17)19-2/h7,11H,3-6,8-10H2,1-2H3/b12-7-. The van der Waals surface area contributed by atoms with Crippen LogP contribution in [0.15, 0.2) is 11.6 Å². The summed E-state index contributed by atoms with van der Waals surface area (Å²) in [4.78, 5) is 32.6. The molecule has 0 aromatic rings. The summed E-state index contributed by atoms with van der Waals surface area (Å²) in [5, 5.41) is 0. The van der Waals surface area contributed by atoms with Crippen LogP contribution in [0.5, 0.6) is 0 Å². The van der Waals surface area contributed by atoms with Gasteiger partial charge in [0.05, 0.1) is 14.2 Å². The average Bonchev–Trinajstić information content (AvgIpc) is 2.44. The molecule has 108 valence electrons. The van der Waals surface area contributed by atoms with E-state index in [2.05, 4.69) is 9.47 Å². The number of aldehydes is 1. The summed E-state index contributed by atoms with van der Waals surface area (Å²) in [7, 11) is 2.72. The minimum Gasteiger partial charge on any atom is -0.469 e. The smallest absolute Gasteiger partial charge is 0.305 e. The van der Waals surface area contributed by atoms with E-state index in [4.69, 9.17) is 0 Å². The maximum absolute atomic E-state index is 10.9. The number of methoxy groups -OCH3 is 2. The molecule has 0 heterocycles. The number of allylic oxidation sites excluding steroid dienone is 2. The number of ether oxygens (including phenoxy) is 2. The molecule has 0 spiro atoms. The quantitative estimate of drug-likeness (QED) is 0.263. The molecule has 0 unspecified atom stereocenters. The summed E-state index contributed by atoms with van der Waals surface area (Å²) < 4.78 is 9.05. The lowest BCUT2D eigenvalue weighted by Gasteiger charge is -2.01. The molecule has 0 radical (unpaired) electrons. The van der Waals surface area contributed by atoms with Crippen LogP contribution >= 0.6 is 0 Å².